The first kappa shape index (κ1) is 17.7. The fraction of sp³-hybridized carbons (Fsp3) is 0.188. The van der Waals surface area contributed by atoms with Crippen LogP contribution in [0, 0.1) is 0 Å². The van der Waals surface area contributed by atoms with Gasteiger partial charge >= 0.3 is 6.36 Å². The lowest BCUT2D eigenvalue weighted by molar-refractivity contribution is -0.275. The van der Waals surface area contributed by atoms with Gasteiger partial charge in [0, 0.05) is 16.7 Å². The fourth-order valence-electron chi connectivity index (χ4n) is 1.78. The lowest BCUT2D eigenvalue weighted by Gasteiger charge is -2.12. The van der Waals surface area contributed by atoms with Gasteiger partial charge in [0.15, 0.2) is 0 Å². The smallest absolute Gasteiger partial charge is 0.405 e. The molecule has 0 saturated carbocycles. The Hall–Kier alpha value is -2.64. The minimum atomic E-state index is -4.82. The standard InChI is InChI=1S/C16H11F5NO2/c17-15(18)12-6-3-4-11(8-12)9-22-23-10-13-5-1-2-7-14(13)24-16(19,20)21/h1-8,15H,10H2. The Morgan fingerprint density at radius 2 is 1.79 bits per heavy atom. The van der Waals surface area contributed by atoms with Gasteiger partial charge in [0.05, 0.1) is 0 Å². The Labute approximate surface area is 134 Å². The van der Waals surface area contributed by atoms with Crippen molar-refractivity contribution < 1.29 is 31.5 Å². The second-order valence-corrected chi connectivity index (χ2v) is 4.56. The monoisotopic (exact) mass is 344 g/mol. The molecule has 0 atom stereocenters. The topological polar surface area (TPSA) is 30.8 Å². The van der Waals surface area contributed by atoms with E-state index in [0.29, 0.717) is 0 Å². The van der Waals surface area contributed by atoms with E-state index in [4.69, 9.17) is 4.84 Å². The molecular formula is C16H11F5NO2. The molecule has 0 aliphatic heterocycles. The molecule has 0 aliphatic carbocycles. The number of hydrogen-bond acceptors (Lipinski definition) is 3. The number of alkyl halides is 5. The van der Waals surface area contributed by atoms with E-state index in [1.807, 2.05) is 0 Å². The van der Waals surface area contributed by atoms with Gasteiger partial charge in [-0.25, -0.2) is 8.78 Å². The lowest BCUT2D eigenvalue weighted by Crippen LogP contribution is -2.18. The fourth-order valence-corrected chi connectivity index (χ4v) is 1.78. The zero-order valence-electron chi connectivity index (χ0n) is 12.1. The van der Waals surface area contributed by atoms with Crippen LogP contribution in [0.25, 0.3) is 0 Å². The highest BCUT2D eigenvalue weighted by atomic mass is 19.4. The van der Waals surface area contributed by atoms with E-state index < -0.39 is 18.5 Å². The zero-order chi connectivity index (χ0) is 17.6. The highest BCUT2D eigenvalue weighted by molar-refractivity contribution is 5.79. The van der Waals surface area contributed by atoms with Crippen molar-refractivity contribution in [2.24, 2.45) is 5.16 Å². The zero-order valence-corrected chi connectivity index (χ0v) is 12.1. The van der Waals surface area contributed by atoms with Gasteiger partial charge in [-0.2, -0.15) is 0 Å². The van der Waals surface area contributed by atoms with Gasteiger partial charge < -0.3 is 9.57 Å². The van der Waals surface area contributed by atoms with E-state index in [0.717, 1.165) is 6.07 Å². The minimum Gasteiger partial charge on any atom is -0.405 e. The molecule has 8 heteroatoms. The van der Waals surface area contributed by atoms with Crippen molar-refractivity contribution in [1.29, 1.82) is 0 Å². The normalized spacial score (nSPS) is 11.9. The molecular weight excluding hydrogens is 333 g/mol. The molecule has 0 bridgehead atoms. The van der Waals surface area contributed by atoms with E-state index in [1.54, 1.807) is 0 Å². The summed E-state index contributed by atoms with van der Waals surface area (Å²) in [5, 5.41) is 3.44. The van der Waals surface area contributed by atoms with Crippen molar-refractivity contribution in [3.05, 3.63) is 65.2 Å². The Morgan fingerprint density at radius 1 is 1.04 bits per heavy atom. The van der Waals surface area contributed by atoms with Crippen molar-refractivity contribution in [3.8, 4) is 5.75 Å². The third-order valence-electron chi connectivity index (χ3n) is 2.80. The summed E-state index contributed by atoms with van der Waals surface area (Å²) >= 11 is 0. The average molecular weight is 344 g/mol. The van der Waals surface area contributed by atoms with Gasteiger partial charge in [-0.3, -0.25) is 0 Å². The number of benzene rings is 2. The summed E-state index contributed by atoms with van der Waals surface area (Å²) in [7, 11) is 0. The first-order valence-corrected chi connectivity index (χ1v) is 6.65. The highest BCUT2D eigenvalue weighted by Crippen LogP contribution is 2.26. The van der Waals surface area contributed by atoms with E-state index in [2.05, 4.69) is 16.1 Å². The summed E-state index contributed by atoms with van der Waals surface area (Å²) in [4.78, 5) is 4.86. The molecule has 0 aliphatic rings. The van der Waals surface area contributed by atoms with Crippen LogP contribution < -0.4 is 4.74 Å². The van der Waals surface area contributed by atoms with Crippen molar-refractivity contribution in [2.75, 3.05) is 0 Å². The second-order valence-electron chi connectivity index (χ2n) is 4.56. The quantitative estimate of drug-likeness (QED) is 0.422. The van der Waals surface area contributed by atoms with Gasteiger partial charge in [0.25, 0.3) is 6.43 Å². The molecule has 127 valence electrons. The SMILES string of the molecule is FC(F)c1cccc(/[C]=N\OCc2ccccc2OC(F)(F)F)c1. The number of ether oxygens (including phenoxy) is 1. The van der Waals surface area contributed by atoms with Gasteiger partial charge in [-0.05, 0) is 12.1 Å². The van der Waals surface area contributed by atoms with Gasteiger partial charge in [-0.15, -0.1) is 13.2 Å². The highest BCUT2D eigenvalue weighted by Gasteiger charge is 2.32. The molecule has 0 spiro atoms. The maximum Gasteiger partial charge on any atom is 0.573 e. The second kappa shape index (κ2) is 7.76. The molecule has 2 rings (SSSR count). The maximum absolute atomic E-state index is 12.5. The van der Waals surface area contributed by atoms with Gasteiger partial charge in [0.1, 0.15) is 18.6 Å². The average Bonchev–Trinajstić information content (AvgIpc) is 2.52. The van der Waals surface area contributed by atoms with Crippen molar-refractivity contribution in [2.45, 2.75) is 19.4 Å². The van der Waals surface area contributed by atoms with Crippen LogP contribution >= 0.6 is 0 Å². The van der Waals surface area contributed by atoms with E-state index in [9.17, 15) is 22.0 Å². The maximum atomic E-state index is 12.5. The van der Waals surface area contributed by atoms with Crippen LogP contribution in [0.3, 0.4) is 0 Å². The summed E-state index contributed by atoms with van der Waals surface area (Å²) in [5.74, 6) is -0.403. The molecule has 24 heavy (non-hydrogen) atoms. The summed E-state index contributed by atoms with van der Waals surface area (Å²) in [5.41, 5.74) is 0.188. The number of rotatable bonds is 6. The number of nitrogens with zero attached hydrogens (tertiary/aromatic N) is 1. The van der Waals surface area contributed by atoms with Crippen LogP contribution in [0.2, 0.25) is 0 Å². The molecule has 0 fully saturated rings. The molecule has 1 radical (unpaired) electrons. The lowest BCUT2D eigenvalue weighted by atomic mass is 10.1. The summed E-state index contributed by atoms with van der Waals surface area (Å²) in [6.07, 6.45) is -5.06. The minimum absolute atomic E-state index is 0.127. The molecule has 0 saturated heterocycles. The van der Waals surface area contributed by atoms with Crippen LogP contribution in [-0.2, 0) is 11.4 Å². The molecule has 2 aromatic carbocycles. The van der Waals surface area contributed by atoms with Crippen LogP contribution in [0.1, 0.15) is 23.1 Å². The largest absolute Gasteiger partial charge is 0.573 e. The van der Waals surface area contributed by atoms with Crippen LogP contribution in [0.5, 0.6) is 5.75 Å². The van der Waals surface area contributed by atoms with E-state index >= 15 is 0 Å². The predicted molar refractivity (Wildman–Crippen MR) is 75.9 cm³/mol. The van der Waals surface area contributed by atoms with E-state index in [1.165, 1.54) is 42.5 Å². The molecule has 0 N–H and O–H groups in total. The molecule has 0 unspecified atom stereocenters. The molecule has 2 aromatic rings. The molecule has 0 amide bonds. The van der Waals surface area contributed by atoms with Crippen molar-refractivity contribution in [3.63, 3.8) is 0 Å². The Balaban J connectivity index is 1.98. The van der Waals surface area contributed by atoms with Crippen LogP contribution in [0.4, 0.5) is 22.0 Å². The van der Waals surface area contributed by atoms with Crippen LogP contribution in [0.15, 0.2) is 53.7 Å². The first-order valence-electron chi connectivity index (χ1n) is 6.65. The van der Waals surface area contributed by atoms with Gasteiger partial charge in [0.2, 0.25) is 0 Å². The Morgan fingerprint density at radius 3 is 2.50 bits per heavy atom. The van der Waals surface area contributed by atoms with Crippen LogP contribution in [-0.4, -0.2) is 12.6 Å². The number of halogens is 5. The van der Waals surface area contributed by atoms with Crippen molar-refractivity contribution >= 4 is 6.21 Å². The summed E-state index contributed by atoms with van der Waals surface area (Å²) < 4.78 is 65.8. The van der Waals surface area contributed by atoms with Crippen molar-refractivity contribution in [1.82, 2.24) is 0 Å². The first-order chi connectivity index (χ1) is 11.3. The molecule has 3 nitrogen and oxygen atoms in total. The third-order valence-corrected chi connectivity index (χ3v) is 2.80. The summed E-state index contributed by atoms with van der Waals surface area (Å²) in [6, 6.07) is 10.8. The molecule has 0 heterocycles. The number of hydrogen-bond donors (Lipinski definition) is 0. The summed E-state index contributed by atoms with van der Waals surface area (Å²) in [6.45, 7) is -0.298. The van der Waals surface area contributed by atoms with Gasteiger partial charge in [-0.1, -0.05) is 41.6 Å². The van der Waals surface area contributed by atoms with E-state index in [-0.39, 0.29) is 23.3 Å². The Kier molecular flexibility index (Phi) is 5.73. The molecule has 0 aromatic heterocycles. The predicted octanol–water partition coefficient (Wildman–Crippen LogP) is 4.95. The number of para-hydroxylation sites is 1. The third kappa shape index (κ3) is 5.53. The Bertz CT molecular complexity index is 701.